The summed E-state index contributed by atoms with van der Waals surface area (Å²) in [5, 5.41) is 16.9. The molecule has 3 aromatic carbocycles. The molecule has 3 N–H and O–H groups in total. The molecule has 0 aliphatic heterocycles. The van der Waals surface area contributed by atoms with Gasteiger partial charge in [0, 0.05) is 23.1 Å². The third-order valence-corrected chi connectivity index (χ3v) is 6.35. The number of ether oxygens (including phenoxy) is 1. The van der Waals surface area contributed by atoms with E-state index in [1.165, 1.54) is 17.7 Å². The number of phenols is 1. The van der Waals surface area contributed by atoms with Crippen LogP contribution >= 0.6 is 0 Å². The Labute approximate surface area is 228 Å². The molecule has 0 fully saturated rings. The standard InChI is InChI=1S/C32H34N2O5/c1-21(2)10-11-24-18-26(12-14-28(24)35)31(36)34-27-19-25-13-15-29(22(3)30(25)39-32(27)37)38-17-7-16-33-20-23-8-5-4-6-9-23/h4-6,8-10,12-15,18-19,33,35H,7,11,16-17,20H2,1-3H3,(H,34,36). The Hall–Kier alpha value is -4.36. The first-order valence-electron chi connectivity index (χ1n) is 13.0. The second-order valence-electron chi connectivity index (χ2n) is 9.70. The monoisotopic (exact) mass is 526 g/mol. The molecule has 0 unspecified atom stereocenters. The molecule has 0 radical (unpaired) electrons. The second kappa shape index (κ2) is 12.9. The molecule has 0 saturated heterocycles. The first-order chi connectivity index (χ1) is 18.8. The van der Waals surface area contributed by atoms with E-state index in [9.17, 15) is 14.7 Å². The summed E-state index contributed by atoms with van der Waals surface area (Å²) in [6.07, 6.45) is 3.30. The Kier molecular flexibility index (Phi) is 9.18. The van der Waals surface area contributed by atoms with Crippen molar-refractivity contribution in [1.29, 1.82) is 0 Å². The number of benzene rings is 3. The molecular weight excluding hydrogens is 492 g/mol. The van der Waals surface area contributed by atoms with Gasteiger partial charge in [-0.2, -0.15) is 0 Å². The molecule has 7 heteroatoms. The minimum Gasteiger partial charge on any atom is -0.508 e. The smallest absolute Gasteiger partial charge is 0.360 e. The van der Waals surface area contributed by atoms with E-state index in [-0.39, 0.29) is 11.4 Å². The minimum absolute atomic E-state index is 0.0454. The van der Waals surface area contributed by atoms with E-state index in [0.717, 1.165) is 30.6 Å². The van der Waals surface area contributed by atoms with Crippen LogP contribution in [0.5, 0.6) is 11.5 Å². The average molecular weight is 527 g/mol. The molecular formula is C32H34N2O5. The van der Waals surface area contributed by atoms with Gasteiger partial charge in [0.15, 0.2) is 0 Å². The lowest BCUT2D eigenvalue weighted by Gasteiger charge is -2.12. The molecule has 1 aromatic heterocycles. The van der Waals surface area contributed by atoms with Crippen LogP contribution < -0.4 is 21.0 Å². The van der Waals surface area contributed by atoms with Crippen molar-refractivity contribution in [2.45, 2.75) is 40.2 Å². The van der Waals surface area contributed by atoms with Gasteiger partial charge in [0.25, 0.3) is 5.91 Å². The molecule has 1 amide bonds. The number of aryl methyl sites for hydroxylation is 1. The maximum absolute atomic E-state index is 12.9. The molecule has 0 bridgehead atoms. The molecule has 202 valence electrons. The van der Waals surface area contributed by atoms with Gasteiger partial charge in [-0.3, -0.25) is 4.79 Å². The van der Waals surface area contributed by atoms with Crippen LogP contribution in [0.25, 0.3) is 11.0 Å². The average Bonchev–Trinajstić information content (AvgIpc) is 2.92. The van der Waals surface area contributed by atoms with E-state index >= 15 is 0 Å². The summed E-state index contributed by atoms with van der Waals surface area (Å²) in [7, 11) is 0. The van der Waals surface area contributed by atoms with E-state index in [4.69, 9.17) is 9.15 Å². The first kappa shape index (κ1) is 27.7. The lowest BCUT2D eigenvalue weighted by molar-refractivity contribution is 0.102. The van der Waals surface area contributed by atoms with E-state index < -0.39 is 11.5 Å². The van der Waals surface area contributed by atoms with Crippen molar-refractivity contribution >= 4 is 22.6 Å². The van der Waals surface area contributed by atoms with Crippen molar-refractivity contribution < 1.29 is 19.1 Å². The molecule has 4 aromatic rings. The van der Waals surface area contributed by atoms with Crippen molar-refractivity contribution in [1.82, 2.24) is 5.32 Å². The lowest BCUT2D eigenvalue weighted by Crippen LogP contribution is -2.18. The van der Waals surface area contributed by atoms with Gasteiger partial charge in [0.1, 0.15) is 22.8 Å². The zero-order valence-electron chi connectivity index (χ0n) is 22.5. The summed E-state index contributed by atoms with van der Waals surface area (Å²) in [5.41, 5.74) is 3.86. The quantitative estimate of drug-likeness (QED) is 0.124. The SMILES string of the molecule is CC(C)=CCc1cc(C(=O)Nc2cc3ccc(OCCCNCc4ccccc4)c(C)c3oc2=O)ccc1O. The lowest BCUT2D eigenvalue weighted by atomic mass is 10.0. The number of carbonyl (C=O) groups excluding carboxylic acids is 1. The first-order valence-corrected chi connectivity index (χ1v) is 13.0. The van der Waals surface area contributed by atoms with Crippen molar-refractivity contribution in [2.24, 2.45) is 0 Å². The highest BCUT2D eigenvalue weighted by molar-refractivity contribution is 6.05. The van der Waals surface area contributed by atoms with Crippen LogP contribution in [0.15, 0.2) is 87.6 Å². The number of allylic oxidation sites excluding steroid dienone is 2. The Morgan fingerprint density at radius 3 is 2.62 bits per heavy atom. The van der Waals surface area contributed by atoms with Gasteiger partial charge in [-0.05, 0) is 87.7 Å². The van der Waals surface area contributed by atoms with Gasteiger partial charge >= 0.3 is 5.63 Å². The van der Waals surface area contributed by atoms with Crippen molar-refractivity contribution in [3.63, 3.8) is 0 Å². The van der Waals surface area contributed by atoms with Gasteiger partial charge in [-0.15, -0.1) is 0 Å². The molecule has 1 heterocycles. The number of hydrogen-bond donors (Lipinski definition) is 3. The summed E-state index contributed by atoms with van der Waals surface area (Å²) in [6.45, 7) is 7.93. The zero-order chi connectivity index (χ0) is 27.8. The number of rotatable bonds is 11. The van der Waals surface area contributed by atoms with Crippen molar-refractivity contribution in [2.75, 3.05) is 18.5 Å². The number of hydrogen-bond acceptors (Lipinski definition) is 6. The highest BCUT2D eigenvalue weighted by atomic mass is 16.5. The van der Waals surface area contributed by atoms with Crippen LogP contribution in [0.1, 0.15) is 47.3 Å². The molecule has 7 nitrogen and oxygen atoms in total. The predicted octanol–water partition coefficient (Wildman–Crippen LogP) is 6.13. The van der Waals surface area contributed by atoms with Gasteiger partial charge < -0.3 is 24.9 Å². The van der Waals surface area contributed by atoms with Crippen molar-refractivity contribution in [3.8, 4) is 11.5 Å². The number of phenolic OH excluding ortho intramolecular Hbond substituents is 1. The molecule has 0 aliphatic carbocycles. The van der Waals surface area contributed by atoms with Gasteiger partial charge in [-0.25, -0.2) is 4.79 Å². The number of fused-ring (bicyclic) bond motifs is 1. The molecule has 39 heavy (non-hydrogen) atoms. The van der Waals surface area contributed by atoms with Crippen LogP contribution in [-0.4, -0.2) is 24.2 Å². The topological polar surface area (TPSA) is 101 Å². The number of carbonyl (C=O) groups is 1. The maximum Gasteiger partial charge on any atom is 0.360 e. The highest BCUT2D eigenvalue weighted by Gasteiger charge is 2.15. The van der Waals surface area contributed by atoms with Gasteiger partial charge in [-0.1, -0.05) is 42.0 Å². The van der Waals surface area contributed by atoms with E-state index in [2.05, 4.69) is 22.8 Å². The molecule has 0 aliphatic rings. The van der Waals surface area contributed by atoms with Crippen LogP contribution in [0.4, 0.5) is 5.69 Å². The third kappa shape index (κ3) is 7.36. The highest BCUT2D eigenvalue weighted by Crippen LogP contribution is 2.28. The molecule has 0 saturated carbocycles. The van der Waals surface area contributed by atoms with Crippen LogP contribution in [0.3, 0.4) is 0 Å². The third-order valence-electron chi connectivity index (χ3n) is 6.35. The fraction of sp³-hybridized carbons (Fsp3) is 0.250. The number of amides is 1. The number of nitrogens with one attached hydrogen (secondary N) is 2. The Bertz CT molecular complexity index is 1540. The molecule has 4 rings (SSSR count). The minimum atomic E-state index is -0.648. The summed E-state index contributed by atoms with van der Waals surface area (Å²) >= 11 is 0. The van der Waals surface area contributed by atoms with Gasteiger partial charge in [0.2, 0.25) is 0 Å². The van der Waals surface area contributed by atoms with Gasteiger partial charge in [0.05, 0.1) is 6.61 Å². The summed E-state index contributed by atoms with van der Waals surface area (Å²) in [4.78, 5) is 25.6. The Morgan fingerprint density at radius 1 is 1.05 bits per heavy atom. The number of aromatic hydroxyl groups is 1. The van der Waals surface area contributed by atoms with E-state index in [1.807, 2.05) is 57.2 Å². The Balaban J connectivity index is 1.39. The second-order valence-corrected chi connectivity index (χ2v) is 9.70. The number of anilines is 1. The Morgan fingerprint density at radius 2 is 1.85 bits per heavy atom. The predicted molar refractivity (Wildman–Crippen MR) is 155 cm³/mol. The van der Waals surface area contributed by atoms with E-state index in [1.54, 1.807) is 12.1 Å². The zero-order valence-corrected chi connectivity index (χ0v) is 22.5. The molecule has 0 atom stereocenters. The largest absolute Gasteiger partial charge is 0.508 e. The fourth-order valence-electron chi connectivity index (χ4n) is 4.16. The molecule has 0 spiro atoms. The van der Waals surface area contributed by atoms with Crippen LogP contribution in [-0.2, 0) is 13.0 Å². The summed E-state index contributed by atoms with van der Waals surface area (Å²) in [6, 6.07) is 20.1. The summed E-state index contributed by atoms with van der Waals surface area (Å²) < 4.78 is 11.5. The maximum atomic E-state index is 12.9. The van der Waals surface area contributed by atoms with Crippen LogP contribution in [0.2, 0.25) is 0 Å². The van der Waals surface area contributed by atoms with Crippen molar-refractivity contribution in [3.05, 3.63) is 111 Å². The fourth-order valence-corrected chi connectivity index (χ4v) is 4.16. The van der Waals surface area contributed by atoms with E-state index in [0.29, 0.717) is 40.9 Å². The summed E-state index contributed by atoms with van der Waals surface area (Å²) in [5.74, 6) is 0.308. The van der Waals surface area contributed by atoms with Crippen LogP contribution in [0, 0.1) is 6.92 Å². The normalized spacial score (nSPS) is 10.8.